The Balaban J connectivity index is 2.64. The number of nitrogens with two attached hydrogens (primary N) is 1. The van der Waals surface area contributed by atoms with Gasteiger partial charge in [-0.2, -0.15) is 5.10 Å². The molecule has 4 heteroatoms. The molecule has 2 aromatic heterocycles. The van der Waals surface area contributed by atoms with Crippen LogP contribution in [0.25, 0.3) is 11.1 Å². The molecule has 17 heavy (non-hydrogen) atoms. The van der Waals surface area contributed by atoms with Crippen LogP contribution in [-0.4, -0.2) is 14.8 Å². The van der Waals surface area contributed by atoms with Crippen molar-refractivity contribution in [3.05, 3.63) is 29.2 Å². The molecule has 2 rings (SSSR count). The first-order valence-corrected chi connectivity index (χ1v) is 5.81. The van der Waals surface area contributed by atoms with E-state index in [-0.39, 0.29) is 0 Å². The normalized spacial score (nSPS) is 10.8. The molecule has 0 aliphatic heterocycles. The second kappa shape index (κ2) is 4.20. The van der Waals surface area contributed by atoms with Gasteiger partial charge in [0, 0.05) is 29.6 Å². The number of aryl methyl sites for hydroxylation is 3. The summed E-state index contributed by atoms with van der Waals surface area (Å²) >= 11 is 0. The molecular formula is C13H18N4. The number of rotatable bonds is 2. The minimum atomic E-state index is 0.560. The van der Waals surface area contributed by atoms with Crippen LogP contribution >= 0.6 is 0 Å². The highest BCUT2D eigenvalue weighted by Crippen LogP contribution is 2.29. The molecule has 90 valence electrons. The van der Waals surface area contributed by atoms with Gasteiger partial charge in [-0.1, -0.05) is 0 Å². The van der Waals surface area contributed by atoms with Gasteiger partial charge in [-0.25, -0.2) is 4.98 Å². The van der Waals surface area contributed by atoms with Crippen LogP contribution in [0.5, 0.6) is 0 Å². The molecule has 2 N–H and O–H groups in total. The summed E-state index contributed by atoms with van der Waals surface area (Å²) in [7, 11) is 0. The average Bonchev–Trinajstić information content (AvgIpc) is 2.55. The summed E-state index contributed by atoms with van der Waals surface area (Å²) in [5.74, 6) is 0.560. The lowest BCUT2D eigenvalue weighted by Crippen LogP contribution is -1.99. The van der Waals surface area contributed by atoms with Crippen LogP contribution in [0.15, 0.2) is 12.3 Å². The zero-order chi connectivity index (χ0) is 12.6. The van der Waals surface area contributed by atoms with Crippen molar-refractivity contribution in [3.63, 3.8) is 0 Å². The zero-order valence-electron chi connectivity index (χ0n) is 10.8. The van der Waals surface area contributed by atoms with E-state index < -0.39 is 0 Å². The fourth-order valence-electron chi connectivity index (χ4n) is 2.23. The molecule has 0 spiro atoms. The smallest absolute Gasteiger partial charge is 0.123 e. The lowest BCUT2D eigenvalue weighted by atomic mass is 10.0. The molecular weight excluding hydrogens is 212 g/mol. The molecule has 0 bridgehead atoms. The first kappa shape index (κ1) is 11.6. The van der Waals surface area contributed by atoms with Crippen molar-refractivity contribution in [1.29, 1.82) is 0 Å². The van der Waals surface area contributed by atoms with Crippen molar-refractivity contribution in [3.8, 4) is 11.1 Å². The maximum atomic E-state index is 5.68. The van der Waals surface area contributed by atoms with Gasteiger partial charge in [-0.15, -0.1) is 0 Å². The third kappa shape index (κ3) is 1.90. The van der Waals surface area contributed by atoms with Gasteiger partial charge in [0.2, 0.25) is 0 Å². The predicted molar refractivity (Wildman–Crippen MR) is 69.8 cm³/mol. The number of nitrogen functional groups attached to an aromatic ring is 1. The minimum absolute atomic E-state index is 0.560. The summed E-state index contributed by atoms with van der Waals surface area (Å²) in [4.78, 5) is 4.17. The molecule has 2 aromatic rings. The van der Waals surface area contributed by atoms with E-state index in [1.807, 2.05) is 23.9 Å². The Kier molecular flexibility index (Phi) is 2.88. The summed E-state index contributed by atoms with van der Waals surface area (Å²) < 4.78 is 2.01. The Labute approximate surface area is 101 Å². The van der Waals surface area contributed by atoms with Gasteiger partial charge in [0.25, 0.3) is 0 Å². The van der Waals surface area contributed by atoms with Gasteiger partial charge in [-0.3, -0.25) is 4.68 Å². The fraction of sp³-hybridized carbons (Fsp3) is 0.385. The Bertz CT molecular complexity index is 555. The molecule has 0 saturated carbocycles. The minimum Gasteiger partial charge on any atom is -0.384 e. The first-order valence-electron chi connectivity index (χ1n) is 5.81. The van der Waals surface area contributed by atoms with Gasteiger partial charge in [0.05, 0.1) is 5.69 Å². The number of aromatic nitrogens is 3. The fourth-order valence-corrected chi connectivity index (χ4v) is 2.23. The molecule has 0 radical (unpaired) electrons. The highest BCUT2D eigenvalue weighted by molar-refractivity contribution is 5.71. The summed E-state index contributed by atoms with van der Waals surface area (Å²) in [5.41, 5.74) is 11.3. The van der Waals surface area contributed by atoms with Crippen molar-refractivity contribution in [1.82, 2.24) is 14.8 Å². The topological polar surface area (TPSA) is 56.7 Å². The Morgan fingerprint density at radius 3 is 2.53 bits per heavy atom. The second-order valence-corrected chi connectivity index (χ2v) is 4.29. The van der Waals surface area contributed by atoms with E-state index in [1.165, 1.54) is 11.3 Å². The van der Waals surface area contributed by atoms with Crippen molar-refractivity contribution in [2.45, 2.75) is 34.2 Å². The van der Waals surface area contributed by atoms with Crippen LogP contribution in [0.4, 0.5) is 5.82 Å². The number of anilines is 1. The number of pyridine rings is 1. The molecule has 0 atom stereocenters. The van der Waals surface area contributed by atoms with E-state index in [0.717, 1.165) is 23.4 Å². The lowest BCUT2D eigenvalue weighted by molar-refractivity contribution is 0.634. The Morgan fingerprint density at radius 1 is 1.29 bits per heavy atom. The second-order valence-electron chi connectivity index (χ2n) is 4.29. The van der Waals surface area contributed by atoms with Crippen molar-refractivity contribution in [2.75, 3.05) is 5.73 Å². The largest absolute Gasteiger partial charge is 0.384 e. The maximum Gasteiger partial charge on any atom is 0.123 e. The van der Waals surface area contributed by atoms with E-state index >= 15 is 0 Å². The summed E-state index contributed by atoms with van der Waals surface area (Å²) in [6.07, 6.45) is 1.84. The van der Waals surface area contributed by atoms with Crippen molar-refractivity contribution < 1.29 is 0 Å². The SMILES string of the molecule is CCn1nc(C)c(-c2cnc(N)cc2C)c1C. The highest BCUT2D eigenvalue weighted by Gasteiger charge is 2.14. The zero-order valence-corrected chi connectivity index (χ0v) is 10.8. The van der Waals surface area contributed by atoms with E-state index in [0.29, 0.717) is 5.82 Å². The molecule has 0 aliphatic carbocycles. The third-order valence-corrected chi connectivity index (χ3v) is 3.08. The van der Waals surface area contributed by atoms with Crippen molar-refractivity contribution in [2.24, 2.45) is 0 Å². The molecule has 0 unspecified atom stereocenters. The van der Waals surface area contributed by atoms with Crippen molar-refractivity contribution >= 4 is 5.82 Å². The predicted octanol–water partition coefficient (Wildman–Crippen LogP) is 2.47. The van der Waals surface area contributed by atoms with Gasteiger partial charge >= 0.3 is 0 Å². The van der Waals surface area contributed by atoms with Crippen LogP contribution in [-0.2, 0) is 6.54 Å². The van der Waals surface area contributed by atoms with Gasteiger partial charge in [0.15, 0.2) is 0 Å². The Hall–Kier alpha value is -1.84. The lowest BCUT2D eigenvalue weighted by Gasteiger charge is -2.07. The van der Waals surface area contributed by atoms with Crippen LogP contribution in [0.1, 0.15) is 23.9 Å². The van der Waals surface area contributed by atoms with Gasteiger partial charge in [0.1, 0.15) is 5.82 Å². The molecule has 0 saturated heterocycles. The standard InChI is InChI=1S/C13H18N4/c1-5-17-10(4)13(9(3)16-17)11-7-15-12(14)6-8(11)2/h6-7H,5H2,1-4H3,(H2,14,15). The molecule has 0 amide bonds. The van der Waals surface area contributed by atoms with Gasteiger partial charge in [-0.05, 0) is 39.3 Å². The quantitative estimate of drug-likeness (QED) is 0.862. The Morgan fingerprint density at radius 2 is 2.00 bits per heavy atom. The number of hydrogen-bond acceptors (Lipinski definition) is 3. The van der Waals surface area contributed by atoms with Crippen LogP contribution < -0.4 is 5.73 Å². The molecule has 0 fully saturated rings. The third-order valence-electron chi connectivity index (χ3n) is 3.08. The molecule has 4 nitrogen and oxygen atoms in total. The average molecular weight is 230 g/mol. The number of nitrogens with zero attached hydrogens (tertiary/aromatic N) is 3. The van der Waals surface area contributed by atoms with Gasteiger partial charge < -0.3 is 5.73 Å². The summed E-state index contributed by atoms with van der Waals surface area (Å²) in [5, 5.41) is 4.53. The van der Waals surface area contributed by atoms with Crippen LogP contribution in [0.2, 0.25) is 0 Å². The summed E-state index contributed by atoms with van der Waals surface area (Å²) in [6, 6.07) is 1.90. The highest BCUT2D eigenvalue weighted by atomic mass is 15.3. The monoisotopic (exact) mass is 230 g/mol. The first-order chi connectivity index (χ1) is 8.04. The summed E-state index contributed by atoms with van der Waals surface area (Å²) in [6.45, 7) is 9.15. The van der Waals surface area contributed by atoms with E-state index in [9.17, 15) is 0 Å². The van der Waals surface area contributed by atoms with E-state index in [2.05, 4.69) is 30.9 Å². The van der Waals surface area contributed by atoms with Crippen LogP contribution in [0, 0.1) is 20.8 Å². The number of hydrogen-bond donors (Lipinski definition) is 1. The molecule has 0 aliphatic rings. The molecule has 0 aromatic carbocycles. The van der Waals surface area contributed by atoms with Crippen LogP contribution in [0.3, 0.4) is 0 Å². The molecule has 2 heterocycles. The van der Waals surface area contributed by atoms with E-state index in [4.69, 9.17) is 5.73 Å². The van der Waals surface area contributed by atoms with E-state index in [1.54, 1.807) is 0 Å². The maximum absolute atomic E-state index is 5.68.